The summed E-state index contributed by atoms with van der Waals surface area (Å²) in [5.41, 5.74) is 1.46. The van der Waals surface area contributed by atoms with Crippen molar-refractivity contribution in [1.82, 2.24) is 0 Å². The fourth-order valence-electron chi connectivity index (χ4n) is 1.54. The topological polar surface area (TPSA) is 66.4 Å². The van der Waals surface area contributed by atoms with Crippen LogP contribution in [0.5, 0.6) is 0 Å². The van der Waals surface area contributed by atoms with E-state index in [1.165, 1.54) is 0 Å². The van der Waals surface area contributed by atoms with Crippen molar-refractivity contribution in [3.8, 4) is 0 Å². The zero-order valence-electron chi connectivity index (χ0n) is 10.1. The number of rotatable bonds is 5. The van der Waals surface area contributed by atoms with Gasteiger partial charge in [0.05, 0.1) is 11.3 Å². The minimum absolute atomic E-state index is 0.147. The van der Waals surface area contributed by atoms with Gasteiger partial charge in [-0.3, -0.25) is 4.79 Å². The largest absolute Gasteiger partial charge is 0.478 e. The van der Waals surface area contributed by atoms with E-state index in [0.29, 0.717) is 12.1 Å². The Morgan fingerprint density at radius 3 is 2.53 bits per heavy atom. The van der Waals surface area contributed by atoms with E-state index in [1.807, 2.05) is 19.9 Å². The smallest absolute Gasteiger partial charge is 0.337 e. The standard InChI is InChI=1S/C13H17NO3/c1-3-5-12(15)14-11-7-6-9(4-2)8-10(11)13(16)17/h6-8H,3-5H2,1-2H3,(H,14,15)(H,16,17). The predicted molar refractivity (Wildman–Crippen MR) is 66.3 cm³/mol. The van der Waals surface area contributed by atoms with Gasteiger partial charge < -0.3 is 10.4 Å². The van der Waals surface area contributed by atoms with Crippen molar-refractivity contribution in [2.45, 2.75) is 33.1 Å². The first-order valence-corrected chi connectivity index (χ1v) is 5.74. The Morgan fingerprint density at radius 2 is 2.00 bits per heavy atom. The number of nitrogens with one attached hydrogen (secondary N) is 1. The molecule has 0 aliphatic carbocycles. The Morgan fingerprint density at radius 1 is 1.29 bits per heavy atom. The summed E-state index contributed by atoms with van der Waals surface area (Å²) >= 11 is 0. The highest BCUT2D eigenvalue weighted by atomic mass is 16.4. The molecule has 0 aromatic heterocycles. The van der Waals surface area contributed by atoms with Crippen LogP contribution in [-0.2, 0) is 11.2 Å². The lowest BCUT2D eigenvalue weighted by Crippen LogP contribution is -2.14. The molecule has 1 amide bonds. The van der Waals surface area contributed by atoms with Crippen LogP contribution in [0.15, 0.2) is 18.2 Å². The summed E-state index contributed by atoms with van der Waals surface area (Å²) in [6.07, 6.45) is 1.90. The lowest BCUT2D eigenvalue weighted by Gasteiger charge is -2.09. The van der Waals surface area contributed by atoms with Crippen molar-refractivity contribution in [2.75, 3.05) is 5.32 Å². The molecule has 0 saturated heterocycles. The normalized spacial score (nSPS) is 10.0. The van der Waals surface area contributed by atoms with Crippen molar-refractivity contribution in [3.05, 3.63) is 29.3 Å². The quantitative estimate of drug-likeness (QED) is 0.824. The van der Waals surface area contributed by atoms with Gasteiger partial charge in [0.2, 0.25) is 5.91 Å². The fourth-order valence-corrected chi connectivity index (χ4v) is 1.54. The third-order valence-electron chi connectivity index (χ3n) is 2.47. The summed E-state index contributed by atoms with van der Waals surface area (Å²) in [5, 5.41) is 11.7. The van der Waals surface area contributed by atoms with Crippen LogP contribution in [0.4, 0.5) is 5.69 Å². The lowest BCUT2D eigenvalue weighted by molar-refractivity contribution is -0.116. The van der Waals surface area contributed by atoms with Crippen LogP contribution in [0.1, 0.15) is 42.6 Å². The maximum atomic E-state index is 11.4. The molecule has 0 heterocycles. The Kier molecular flexibility index (Phi) is 4.69. The second-order valence-corrected chi connectivity index (χ2v) is 3.84. The average Bonchev–Trinajstić information content (AvgIpc) is 2.29. The van der Waals surface area contributed by atoms with Gasteiger partial charge in [0.15, 0.2) is 0 Å². The number of carboxylic acids is 1. The van der Waals surface area contributed by atoms with Crippen LogP contribution in [0.3, 0.4) is 0 Å². The first-order chi connectivity index (χ1) is 8.08. The van der Waals surface area contributed by atoms with Crippen LogP contribution < -0.4 is 5.32 Å². The van der Waals surface area contributed by atoms with E-state index in [4.69, 9.17) is 5.11 Å². The molecule has 1 aromatic carbocycles. The maximum absolute atomic E-state index is 11.4. The summed E-state index contributed by atoms with van der Waals surface area (Å²) in [6.45, 7) is 3.86. The Balaban J connectivity index is 2.98. The number of amides is 1. The van der Waals surface area contributed by atoms with E-state index in [9.17, 15) is 9.59 Å². The number of anilines is 1. The number of aromatic carboxylic acids is 1. The molecule has 92 valence electrons. The average molecular weight is 235 g/mol. The number of carbonyl (C=O) groups is 2. The van der Waals surface area contributed by atoms with Crippen LogP contribution in [0.25, 0.3) is 0 Å². The minimum Gasteiger partial charge on any atom is -0.478 e. The Labute approximate surface area is 101 Å². The van der Waals surface area contributed by atoms with Crippen molar-refractivity contribution in [2.24, 2.45) is 0 Å². The molecule has 0 fully saturated rings. The van der Waals surface area contributed by atoms with E-state index in [0.717, 1.165) is 18.4 Å². The number of aryl methyl sites for hydroxylation is 1. The fraction of sp³-hybridized carbons (Fsp3) is 0.385. The van der Waals surface area contributed by atoms with E-state index in [-0.39, 0.29) is 11.5 Å². The predicted octanol–water partition coefficient (Wildman–Crippen LogP) is 2.69. The first-order valence-electron chi connectivity index (χ1n) is 5.74. The third kappa shape index (κ3) is 3.59. The van der Waals surface area contributed by atoms with E-state index < -0.39 is 5.97 Å². The molecular weight excluding hydrogens is 218 g/mol. The highest BCUT2D eigenvalue weighted by molar-refractivity contribution is 6.00. The van der Waals surface area contributed by atoms with Crippen molar-refractivity contribution < 1.29 is 14.7 Å². The molecule has 17 heavy (non-hydrogen) atoms. The van der Waals surface area contributed by atoms with Gasteiger partial charge in [-0.05, 0) is 30.5 Å². The van der Waals surface area contributed by atoms with Crippen molar-refractivity contribution >= 4 is 17.6 Å². The van der Waals surface area contributed by atoms with Gasteiger partial charge in [-0.1, -0.05) is 19.9 Å². The molecule has 0 aliphatic rings. The van der Waals surface area contributed by atoms with Gasteiger partial charge >= 0.3 is 5.97 Å². The van der Waals surface area contributed by atoms with Gasteiger partial charge in [0.1, 0.15) is 0 Å². The summed E-state index contributed by atoms with van der Waals surface area (Å²) in [7, 11) is 0. The maximum Gasteiger partial charge on any atom is 0.337 e. The molecule has 0 radical (unpaired) electrons. The zero-order chi connectivity index (χ0) is 12.8. The molecule has 4 heteroatoms. The van der Waals surface area contributed by atoms with Gasteiger partial charge in [-0.25, -0.2) is 4.79 Å². The zero-order valence-corrected chi connectivity index (χ0v) is 10.1. The molecule has 0 atom stereocenters. The molecule has 0 spiro atoms. The number of hydrogen-bond acceptors (Lipinski definition) is 2. The monoisotopic (exact) mass is 235 g/mol. The highest BCUT2D eigenvalue weighted by Gasteiger charge is 2.12. The molecule has 1 rings (SSSR count). The third-order valence-corrected chi connectivity index (χ3v) is 2.47. The van der Waals surface area contributed by atoms with Crippen molar-refractivity contribution in [1.29, 1.82) is 0 Å². The highest BCUT2D eigenvalue weighted by Crippen LogP contribution is 2.18. The molecule has 0 saturated carbocycles. The molecular formula is C13H17NO3. The number of hydrogen-bond donors (Lipinski definition) is 2. The second-order valence-electron chi connectivity index (χ2n) is 3.84. The molecule has 0 aliphatic heterocycles. The molecule has 0 bridgehead atoms. The summed E-state index contributed by atoms with van der Waals surface area (Å²) in [6, 6.07) is 5.08. The Hall–Kier alpha value is -1.84. The van der Waals surface area contributed by atoms with Crippen LogP contribution >= 0.6 is 0 Å². The summed E-state index contributed by atoms with van der Waals surface area (Å²) < 4.78 is 0. The molecule has 4 nitrogen and oxygen atoms in total. The minimum atomic E-state index is -1.02. The molecule has 1 aromatic rings. The van der Waals surface area contributed by atoms with Crippen LogP contribution in [0.2, 0.25) is 0 Å². The number of benzene rings is 1. The first kappa shape index (κ1) is 13.2. The summed E-state index contributed by atoms with van der Waals surface area (Å²) in [5.74, 6) is -1.17. The van der Waals surface area contributed by atoms with Crippen LogP contribution in [0, 0.1) is 0 Å². The van der Waals surface area contributed by atoms with E-state index in [2.05, 4.69) is 5.32 Å². The molecule has 0 unspecified atom stereocenters. The number of carbonyl (C=O) groups excluding carboxylic acids is 1. The van der Waals surface area contributed by atoms with Gasteiger partial charge in [0.25, 0.3) is 0 Å². The van der Waals surface area contributed by atoms with Gasteiger partial charge in [-0.2, -0.15) is 0 Å². The van der Waals surface area contributed by atoms with Gasteiger partial charge in [0, 0.05) is 6.42 Å². The van der Waals surface area contributed by atoms with Crippen LogP contribution in [-0.4, -0.2) is 17.0 Å². The lowest BCUT2D eigenvalue weighted by atomic mass is 10.1. The van der Waals surface area contributed by atoms with E-state index >= 15 is 0 Å². The second kappa shape index (κ2) is 6.03. The van der Waals surface area contributed by atoms with Gasteiger partial charge in [-0.15, -0.1) is 0 Å². The Bertz CT molecular complexity index is 427. The SMILES string of the molecule is CCCC(=O)Nc1ccc(CC)cc1C(=O)O. The van der Waals surface area contributed by atoms with Crippen molar-refractivity contribution in [3.63, 3.8) is 0 Å². The summed E-state index contributed by atoms with van der Waals surface area (Å²) in [4.78, 5) is 22.5. The van der Waals surface area contributed by atoms with E-state index in [1.54, 1.807) is 12.1 Å². The molecule has 2 N–H and O–H groups in total. The number of carboxylic acid groups (broad SMARTS) is 1.